The number of pyridine rings is 1. The van der Waals surface area contributed by atoms with Gasteiger partial charge in [-0.15, -0.1) is 11.3 Å². The predicted molar refractivity (Wildman–Crippen MR) is 144 cm³/mol. The fourth-order valence-corrected chi connectivity index (χ4v) is 5.31. The Morgan fingerprint density at radius 2 is 1.42 bits per heavy atom. The van der Waals surface area contributed by atoms with Crippen molar-refractivity contribution in [1.29, 1.82) is 0 Å². The second-order valence-corrected chi connectivity index (χ2v) is 9.05. The van der Waals surface area contributed by atoms with Crippen molar-refractivity contribution in [1.82, 2.24) is 4.98 Å². The quantitative estimate of drug-likeness (QED) is 0.260. The van der Waals surface area contributed by atoms with Crippen molar-refractivity contribution >= 4 is 33.0 Å². The smallest absolute Gasteiger partial charge is 0.205 e. The number of hydrogen-bond donors (Lipinski definition) is 1. The van der Waals surface area contributed by atoms with Gasteiger partial charge in [-0.05, 0) is 29.3 Å². The summed E-state index contributed by atoms with van der Waals surface area (Å²) in [5.41, 5.74) is 11.0. The number of nitrogens with two attached hydrogens (primary N) is 1. The van der Waals surface area contributed by atoms with Gasteiger partial charge in [0.25, 0.3) is 0 Å². The maximum Gasteiger partial charge on any atom is 0.205 e. The zero-order valence-electron chi connectivity index (χ0n) is 20.1. The van der Waals surface area contributed by atoms with Crippen molar-refractivity contribution in [3.05, 3.63) is 89.3 Å². The lowest BCUT2D eigenvalue weighted by Crippen LogP contribution is -2.02. The van der Waals surface area contributed by atoms with E-state index in [1.165, 1.54) is 11.3 Å². The lowest BCUT2D eigenvalue weighted by Gasteiger charge is -2.15. The Morgan fingerprint density at radius 3 is 2.00 bits per heavy atom. The van der Waals surface area contributed by atoms with Crippen LogP contribution in [0.5, 0.6) is 17.2 Å². The number of anilines is 1. The van der Waals surface area contributed by atoms with Gasteiger partial charge in [0.2, 0.25) is 11.5 Å². The second kappa shape index (κ2) is 9.71. The summed E-state index contributed by atoms with van der Waals surface area (Å²) >= 11 is 1.30. The highest BCUT2D eigenvalue weighted by Crippen LogP contribution is 2.46. The minimum atomic E-state index is -0.131. The molecular weight excluding hydrogens is 472 g/mol. The van der Waals surface area contributed by atoms with Crippen molar-refractivity contribution in [2.75, 3.05) is 27.1 Å². The standard InChI is InChI=1S/C29H24N2O4S/c1-33-22-14-19(15-23(34-2)27(22)35-3)20-16-21(17-10-6-4-7-11-17)31-29-24(20)25(30)28(36-29)26(32)18-12-8-5-9-13-18/h4-16H,30H2,1-3H3. The van der Waals surface area contributed by atoms with Crippen LogP contribution < -0.4 is 19.9 Å². The van der Waals surface area contributed by atoms with E-state index in [0.717, 1.165) is 22.4 Å². The first-order valence-electron chi connectivity index (χ1n) is 11.2. The molecule has 6 nitrogen and oxygen atoms in total. The minimum absolute atomic E-state index is 0.131. The summed E-state index contributed by atoms with van der Waals surface area (Å²) < 4.78 is 16.7. The lowest BCUT2D eigenvalue weighted by molar-refractivity contribution is 0.104. The molecule has 0 amide bonds. The van der Waals surface area contributed by atoms with E-state index in [-0.39, 0.29) is 5.78 Å². The molecule has 0 saturated heterocycles. The Kier molecular flexibility index (Phi) is 6.31. The highest BCUT2D eigenvalue weighted by molar-refractivity contribution is 7.21. The van der Waals surface area contributed by atoms with E-state index in [1.807, 2.05) is 66.7 Å². The minimum Gasteiger partial charge on any atom is -0.493 e. The van der Waals surface area contributed by atoms with Crippen LogP contribution in [0.2, 0.25) is 0 Å². The number of ether oxygens (including phenoxy) is 3. The molecule has 0 saturated carbocycles. The van der Waals surface area contributed by atoms with E-state index in [4.69, 9.17) is 24.9 Å². The number of carbonyl (C=O) groups excluding carboxylic acids is 1. The van der Waals surface area contributed by atoms with E-state index in [0.29, 0.717) is 43.6 Å². The largest absolute Gasteiger partial charge is 0.493 e. The van der Waals surface area contributed by atoms with E-state index in [9.17, 15) is 4.79 Å². The summed E-state index contributed by atoms with van der Waals surface area (Å²) in [5.74, 6) is 1.41. The summed E-state index contributed by atoms with van der Waals surface area (Å²) in [7, 11) is 4.72. The molecule has 36 heavy (non-hydrogen) atoms. The topological polar surface area (TPSA) is 83.7 Å². The number of aromatic nitrogens is 1. The summed E-state index contributed by atoms with van der Waals surface area (Å²) in [6, 6.07) is 24.8. The van der Waals surface area contributed by atoms with Gasteiger partial charge in [-0.25, -0.2) is 4.98 Å². The van der Waals surface area contributed by atoms with E-state index in [2.05, 4.69) is 0 Å². The summed E-state index contributed by atoms with van der Waals surface area (Å²) in [4.78, 5) is 19.4. The average molecular weight is 497 g/mol. The van der Waals surface area contributed by atoms with Crippen LogP contribution in [-0.2, 0) is 0 Å². The zero-order chi connectivity index (χ0) is 25.2. The number of ketones is 1. The number of carbonyl (C=O) groups is 1. The average Bonchev–Trinajstić information content (AvgIpc) is 3.28. The number of methoxy groups -OCH3 is 3. The van der Waals surface area contributed by atoms with Crippen LogP contribution in [0.4, 0.5) is 5.69 Å². The second-order valence-electron chi connectivity index (χ2n) is 8.06. The molecule has 0 unspecified atom stereocenters. The van der Waals surface area contributed by atoms with Crippen LogP contribution in [-0.4, -0.2) is 32.1 Å². The molecule has 0 atom stereocenters. The predicted octanol–water partition coefficient (Wildman–Crippen LogP) is 6.47. The Morgan fingerprint density at radius 1 is 0.806 bits per heavy atom. The van der Waals surface area contributed by atoms with Crippen LogP contribution >= 0.6 is 11.3 Å². The number of benzene rings is 3. The molecule has 0 radical (unpaired) electrons. The number of rotatable bonds is 7. The van der Waals surface area contributed by atoms with Crippen molar-refractivity contribution in [2.24, 2.45) is 0 Å². The summed E-state index contributed by atoms with van der Waals surface area (Å²) in [5, 5.41) is 0.716. The molecule has 5 rings (SSSR count). The van der Waals surface area contributed by atoms with Gasteiger partial charge in [0.15, 0.2) is 11.5 Å². The first kappa shape index (κ1) is 23.4. The number of thiophene rings is 1. The van der Waals surface area contributed by atoms with E-state index < -0.39 is 0 Å². The molecule has 0 aliphatic heterocycles. The van der Waals surface area contributed by atoms with Gasteiger partial charge < -0.3 is 19.9 Å². The molecule has 180 valence electrons. The normalized spacial score (nSPS) is 10.9. The van der Waals surface area contributed by atoms with Gasteiger partial charge in [0, 0.05) is 16.5 Å². The van der Waals surface area contributed by atoms with E-state index >= 15 is 0 Å². The zero-order valence-corrected chi connectivity index (χ0v) is 20.9. The van der Waals surface area contributed by atoms with Crippen molar-refractivity contribution < 1.29 is 19.0 Å². The number of fused-ring (bicyclic) bond motifs is 1. The Labute approximate surface area is 212 Å². The lowest BCUT2D eigenvalue weighted by atomic mass is 9.98. The molecule has 3 aromatic carbocycles. The molecule has 0 spiro atoms. The third-order valence-corrected chi connectivity index (χ3v) is 7.08. The monoisotopic (exact) mass is 496 g/mol. The van der Waals surface area contributed by atoms with Crippen molar-refractivity contribution in [3.63, 3.8) is 0 Å². The first-order valence-corrected chi connectivity index (χ1v) is 12.1. The molecule has 2 heterocycles. The number of nitrogen functional groups attached to an aromatic ring is 1. The molecule has 5 aromatic rings. The van der Waals surface area contributed by atoms with Gasteiger partial charge >= 0.3 is 0 Å². The summed E-state index contributed by atoms with van der Waals surface area (Å²) in [6.07, 6.45) is 0. The van der Waals surface area contributed by atoms with Crippen LogP contribution in [0.1, 0.15) is 15.2 Å². The highest BCUT2D eigenvalue weighted by Gasteiger charge is 2.24. The van der Waals surface area contributed by atoms with Gasteiger partial charge in [-0.3, -0.25) is 4.79 Å². The molecule has 2 N–H and O–H groups in total. The number of hydrogen-bond acceptors (Lipinski definition) is 7. The van der Waals surface area contributed by atoms with Crippen molar-refractivity contribution in [3.8, 4) is 39.6 Å². The maximum atomic E-state index is 13.4. The fourth-order valence-electron chi connectivity index (χ4n) is 4.23. The number of nitrogens with zero attached hydrogens (tertiary/aromatic N) is 1. The van der Waals surface area contributed by atoms with Gasteiger partial charge in [-0.1, -0.05) is 60.7 Å². The Balaban J connectivity index is 1.80. The molecular formula is C29H24N2O4S. The van der Waals surface area contributed by atoms with Crippen LogP contribution in [0.15, 0.2) is 78.9 Å². The SMILES string of the molecule is COc1cc(-c2cc(-c3ccccc3)nc3sc(C(=O)c4ccccc4)c(N)c23)cc(OC)c1OC. The molecule has 0 aliphatic carbocycles. The first-order chi connectivity index (χ1) is 17.5. The molecule has 0 aliphatic rings. The van der Waals surface area contributed by atoms with Crippen molar-refractivity contribution in [2.45, 2.75) is 0 Å². The maximum absolute atomic E-state index is 13.4. The Hall–Kier alpha value is -4.36. The molecule has 0 bridgehead atoms. The highest BCUT2D eigenvalue weighted by atomic mass is 32.1. The van der Waals surface area contributed by atoms with Gasteiger partial charge in [0.05, 0.1) is 32.7 Å². The fraction of sp³-hybridized carbons (Fsp3) is 0.103. The molecule has 7 heteroatoms. The third-order valence-electron chi connectivity index (χ3n) is 5.99. The van der Waals surface area contributed by atoms with Crippen LogP contribution in [0.25, 0.3) is 32.6 Å². The third kappa shape index (κ3) is 4.03. The van der Waals surface area contributed by atoms with E-state index in [1.54, 1.807) is 33.5 Å². The van der Waals surface area contributed by atoms with Crippen LogP contribution in [0, 0.1) is 0 Å². The van der Waals surface area contributed by atoms with Crippen LogP contribution in [0.3, 0.4) is 0 Å². The molecule has 2 aromatic heterocycles. The van der Waals surface area contributed by atoms with Gasteiger partial charge in [0.1, 0.15) is 9.71 Å². The molecule has 0 fully saturated rings. The summed E-state index contributed by atoms with van der Waals surface area (Å²) in [6.45, 7) is 0. The Bertz CT molecular complexity index is 1540. The van der Waals surface area contributed by atoms with Gasteiger partial charge in [-0.2, -0.15) is 0 Å².